The monoisotopic (exact) mass is 315 g/mol. The normalized spacial score (nSPS) is 11.0. The first-order valence-electron chi connectivity index (χ1n) is 7.07. The van der Waals surface area contributed by atoms with Crippen LogP contribution in [0.5, 0.6) is 5.75 Å². The minimum Gasteiger partial charge on any atom is -0.497 e. The molecule has 0 saturated carbocycles. The summed E-state index contributed by atoms with van der Waals surface area (Å²) in [6, 6.07) is 11.0. The summed E-state index contributed by atoms with van der Waals surface area (Å²) in [6.45, 7) is 0.482. The van der Waals surface area contributed by atoms with Crippen molar-refractivity contribution < 1.29 is 13.5 Å². The molecule has 23 heavy (non-hydrogen) atoms. The molecule has 0 fully saturated rings. The summed E-state index contributed by atoms with van der Waals surface area (Å²) in [7, 11) is 1.60. The Bertz CT molecular complexity index is 807. The molecule has 0 atom stereocenters. The molecule has 3 aromatic rings. The number of methoxy groups -OCH3 is 1. The molecule has 2 heterocycles. The molecule has 6 heteroatoms. The lowest BCUT2D eigenvalue weighted by molar-refractivity contribution is 0.148. The first-order valence-corrected chi connectivity index (χ1v) is 7.07. The summed E-state index contributed by atoms with van der Waals surface area (Å²) in [6.07, 6.45) is 0.339. The predicted molar refractivity (Wildman–Crippen MR) is 84.8 cm³/mol. The zero-order chi connectivity index (χ0) is 16.2. The van der Waals surface area contributed by atoms with E-state index in [0.29, 0.717) is 23.1 Å². The predicted octanol–water partition coefficient (Wildman–Crippen LogP) is 4.19. The van der Waals surface area contributed by atoms with E-state index in [1.807, 2.05) is 24.3 Å². The first kappa shape index (κ1) is 15.1. The standard InChI is InChI=1S/C17H15F2N3O/c1-23-13-4-2-11(3-5-13)9-21-15-8-12-6-7-20-10-14(12)16(22-15)17(18)19/h2-8,10,17H,9H2,1H3,(H,21,22). The number of nitrogens with zero attached hydrogens (tertiary/aromatic N) is 2. The van der Waals surface area contributed by atoms with Crippen molar-refractivity contribution in [3.05, 3.63) is 60.0 Å². The number of anilines is 1. The number of fused-ring (bicyclic) bond motifs is 1. The van der Waals surface area contributed by atoms with Crippen molar-refractivity contribution in [2.75, 3.05) is 12.4 Å². The molecule has 0 amide bonds. The van der Waals surface area contributed by atoms with Gasteiger partial charge in [0.05, 0.1) is 7.11 Å². The number of nitrogens with one attached hydrogen (secondary N) is 1. The van der Waals surface area contributed by atoms with Crippen LogP contribution in [0.1, 0.15) is 17.7 Å². The minimum atomic E-state index is -2.65. The summed E-state index contributed by atoms with van der Waals surface area (Å²) >= 11 is 0. The topological polar surface area (TPSA) is 47.0 Å². The van der Waals surface area contributed by atoms with Gasteiger partial charge in [0.25, 0.3) is 6.43 Å². The maximum Gasteiger partial charge on any atom is 0.281 e. The number of ether oxygens (including phenoxy) is 1. The van der Waals surface area contributed by atoms with Crippen LogP contribution in [0.2, 0.25) is 0 Å². The number of rotatable bonds is 5. The molecule has 0 unspecified atom stereocenters. The summed E-state index contributed by atoms with van der Waals surface area (Å²) < 4.78 is 31.5. The fourth-order valence-corrected chi connectivity index (χ4v) is 2.31. The van der Waals surface area contributed by atoms with Gasteiger partial charge in [-0.1, -0.05) is 12.1 Å². The molecule has 0 aliphatic heterocycles. The van der Waals surface area contributed by atoms with E-state index in [1.54, 1.807) is 25.4 Å². The summed E-state index contributed by atoms with van der Waals surface area (Å²) in [4.78, 5) is 7.91. The molecule has 1 N–H and O–H groups in total. The van der Waals surface area contributed by atoms with Gasteiger partial charge in [-0.15, -0.1) is 0 Å². The van der Waals surface area contributed by atoms with Crippen LogP contribution in [0.15, 0.2) is 48.8 Å². The molecule has 4 nitrogen and oxygen atoms in total. The van der Waals surface area contributed by atoms with Gasteiger partial charge in [-0.05, 0) is 35.2 Å². The Hall–Kier alpha value is -2.76. The van der Waals surface area contributed by atoms with Crippen molar-refractivity contribution in [1.29, 1.82) is 0 Å². The van der Waals surface area contributed by atoms with Crippen LogP contribution in [0.25, 0.3) is 10.8 Å². The third kappa shape index (κ3) is 3.36. The number of alkyl halides is 2. The Morgan fingerprint density at radius 3 is 2.65 bits per heavy atom. The average Bonchev–Trinajstić information content (AvgIpc) is 2.59. The van der Waals surface area contributed by atoms with E-state index >= 15 is 0 Å². The van der Waals surface area contributed by atoms with Crippen molar-refractivity contribution in [2.45, 2.75) is 13.0 Å². The first-order chi connectivity index (χ1) is 11.2. The molecule has 0 bridgehead atoms. The lowest BCUT2D eigenvalue weighted by atomic mass is 10.1. The Balaban J connectivity index is 1.84. The second-order valence-corrected chi connectivity index (χ2v) is 4.99. The molecule has 0 aliphatic rings. The van der Waals surface area contributed by atoms with Gasteiger partial charge in [0, 0.05) is 24.3 Å². The third-order valence-electron chi connectivity index (χ3n) is 3.50. The van der Waals surface area contributed by atoms with Crippen LogP contribution in [-0.4, -0.2) is 17.1 Å². The number of hydrogen-bond donors (Lipinski definition) is 1. The van der Waals surface area contributed by atoms with Crippen LogP contribution in [-0.2, 0) is 6.54 Å². The Kier molecular flexibility index (Phi) is 4.32. The van der Waals surface area contributed by atoms with Crippen molar-refractivity contribution in [3.8, 4) is 5.75 Å². The molecular formula is C17H15F2N3O. The van der Waals surface area contributed by atoms with E-state index in [0.717, 1.165) is 11.3 Å². The van der Waals surface area contributed by atoms with E-state index in [-0.39, 0.29) is 5.69 Å². The molecule has 0 saturated heterocycles. The van der Waals surface area contributed by atoms with E-state index in [9.17, 15) is 8.78 Å². The largest absolute Gasteiger partial charge is 0.497 e. The minimum absolute atomic E-state index is 0.257. The molecular weight excluding hydrogens is 300 g/mol. The average molecular weight is 315 g/mol. The van der Waals surface area contributed by atoms with Crippen molar-refractivity contribution in [2.24, 2.45) is 0 Å². The number of pyridine rings is 2. The molecule has 118 valence electrons. The lowest BCUT2D eigenvalue weighted by Crippen LogP contribution is -2.04. The van der Waals surface area contributed by atoms with Gasteiger partial charge >= 0.3 is 0 Å². The quantitative estimate of drug-likeness (QED) is 0.767. The summed E-state index contributed by atoms with van der Waals surface area (Å²) in [5.41, 5.74) is 0.744. The van der Waals surface area contributed by atoms with Gasteiger partial charge in [0.1, 0.15) is 17.3 Å². The van der Waals surface area contributed by atoms with E-state index in [4.69, 9.17) is 4.74 Å². The Labute approximate surface area is 132 Å². The molecule has 0 aliphatic carbocycles. The highest BCUT2D eigenvalue weighted by Gasteiger charge is 2.15. The van der Waals surface area contributed by atoms with E-state index < -0.39 is 6.43 Å². The van der Waals surface area contributed by atoms with Gasteiger partial charge in [0.2, 0.25) is 0 Å². The van der Waals surface area contributed by atoms with E-state index in [2.05, 4.69) is 15.3 Å². The highest BCUT2D eigenvalue weighted by molar-refractivity contribution is 5.86. The number of halogens is 2. The maximum absolute atomic E-state index is 13.2. The lowest BCUT2D eigenvalue weighted by Gasteiger charge is -2.11. The number of hydrogen-bond acceptors (Lipinski definition) is 4. The number of benzene rings is 1. The second-order valence-electron chi connectivity index (χ2n) is 4.99. The number of aromatic nitrogens is 2. The second kappa shape index (κ2) is 6.56. The Morgan fingerprint density at radius 2 is 1.96 bits per heavy atom. The van der Waals surface area contributed by atoms with Crippen LogP contribution in [0, 0.1) is 0 Å². The summed E-state index contributed by atoms with van der Waals surface area (Å²) in [5.74, 6) is 1.18. The third-order valence-corrected chi connectivity index (χ3v) is 3.50. The zero-order valence-corrected chi connectivity index (χ0v) is 12.5. The van der Waals surface area contributed by atoms with Gasteiger partial charge < -0.3 is 10.1 Å². The smallest absolute Gasteiger partial charge is 0.281 e. The molecule has 2 aromatic heterocycles. The van der Waals surface area contributed by atoms with Crippen LogP contribution < -0.4 is 10.1 Å². The highest BCUT2D eigenvalue weighted by atomic mass is 19.3. The van der Waals surface area contributed by atoms with Crippen molar-refractivity contribution >= 4 is 16.6 Å². The van der Waals surface area contributed by atoms with Gasteiger partial charge in [-0.2, -0.15) is 0 Å². The highest BCUT2D eigenvalue weighted by Crippen LogP contribution is 2.27. The molecule has 0 radical (unpaired) electrons. The van der Waals surface area contributed by atoms with Gasteiger partial charge in [0.15, 0.2) is 0 Å². The SMILES string of the molecule is COc1ccc(CNc2cc3ccncc3c(C(F)F)n2)cc1. The summed E-state index contributed by atoms with van der Waals surface area (Å²) in [5, 5.41) is 4.14. The maximum atomic E-state index is 13.2. The van der Waals surface area contributed by atoms with Crippen molar-refractivity contribution in [3.63, 3.8) is 0 Å². The molecule has 0 spiro atoms. The Morgan fingerprint density at radius 1 is 1.17 bits per heavy atom. The van der Waals surface area contributed by atoms with Gasteiger partial charge in [-0.3, -0.25) is 4.98 Å². The van der Waals surface area contributed by atoms with Crippen LogP contribution in [0.4, 0.5) is 14.6 Å². The van der Waals surface area contributed by atoms with E-state index in [1.165, 1.54) is 6.20 Å². The molecule has 1 aromatic carbocycles. The van der Waals surface area contributed by atoms with Crippen LogP contribution in [0.3, 0.4) is 0 Å². The molecule has 3 rings (SSSR count). The fraction of sp³-hybridized carbons (Fsp3) is 0.176. The van der Waals surface area contributed by atoms with Crippen molar-refractivity contribution in [1.82, 2.24) is 9.97 Å². The van der Waals surface area contributed by atoms with Crippen LogP contribution >= 0.6 is 0 Å². The van der Waals surface area contributed by atoms with Gasteiger partial charge in [-0.25, -0.2) is 13.8 Å². The fourth-order valence-electron chi connectivity index (χ4n) is 2.31. The zero-order valence-electron chi connectivity index (χ0n) is 12.5.